The first-order valence-corrected chi connectivity index (χ1v) is 6.16. The van der Waals surface area contributed by atoms with Gasteiger partial charge >= 0.3 is 0 Å². The van der Waals surface area contributed by atoms with Gasteiger partial charge in [0.15, 0.2) is 5.78 Å². The van der Waals surface area contributed by atoms with Gasteiger partial charge in [0.2, 0.25) is 0 Å². The maximum atomic E-state index is 12.1. The van der Waals surface area contributed by atoms with Crippen molar-refractivity contribution in [1.29, 1.82) is 0 Å². The molecule has 2 rings (SSSR count). The van der Waals surface area contributed by atoms with Crippen molar-refractivity contribution in [3.63, 3.8) is 0 Å². The van der Waals surface area contributed by atoms with E-state index in [9.17, 15) is 4.79 Å². The number of benzene rings is 1. The van der Waals surface area contributed by atoms with Gasteiger partial charge in [0.25, 0.3) is 0 Å². The van der Waals surface area contributed by atoms with E-state index in [2.05, 4.69) is 4.98 Å². The van der Waals surface area contributed by atoms with Crippen molar-refractivity contribution in [2.45, 2.75) is 13.3 Å². The second kappa shape index (κ2) is 5.10. The summed E-state index contributed by atoms with van der Waals surface area (Å²) in [6, 6.07) is 7.26. The van der Waals surface area contributed by atoms with Gasteiger partial charge in [0, 0.05) is 11.1 Å². The lowest BCUT2D eigenvalue weighted by molar-refractivity contribution is 0.0990. The van der Waals surface area contributed by atoms with Crippen LogP contribution in [0.1, 0.15) is 21.1 Å². The highest BCUT2D eigenvalue weighted by Gasteiger charge is 2.13. The number of para-hydroxylation sites is 1. The Bertz CT molecular complexity index is 534. The van der Waals surface area contributed by atoms with Crippen LogP contribution < -0.4 is 4.74 Å². The molecule has 1 aromatic carbocycles. The Morgan fingerprint density at radius 1 is 1.41 bits per heavy atom. The van der Waals surface area contributed by atoms with Crippen LogP contribution in [0, 0.1) is 6.92 Å². The van der Waals surface area contributed by atoms with Crippen LogP contribution in [0.4, 0.5) is 0 Å². The first-order valence-electron chi connectivity index (χ1n) is 5.28. The molecule has 0 radical (unpaired) electrons. The summed E-state index contributed by atoms with van der Waals surface area (Å²) in [4.78, 5) is 16.4. The average molecular weight is 247 g/mol. The third-order valence-electron chi connectivity index (χ3n) is 2.39. The lowest BCUT2D eigenvalue weighted by atomic mass is 10.1. The summed E-state index contributed by atoms with van der Waals surface area (Å²) in [6.07, 6.45) is 0.332. The van der Waals surface area contributed by atoms with Crippen molar-refractivity contribution in [3.8, 4) is 5.75 Å². The second-order valence-corrected chi connectivity index (χ2v) is 4.63. The van der Waals surface area contributed by atoms with Crippen LogP contribution in [0.2, 0.25) is 0 Å². The molecule has 0 unspecified atom stereocenters. The molecule has 0 bridgehead atoms. The minimum Gasteiger partial charge on any atom is -0.496 e. The highest BCUT2D eigenvalue weighted by atomic mass is 32.1. The number of ketones is 1. The smallest absolute Gasteiger partial charge is 0.173 e. The molecule has 17 heavy (non-hydrogen) atoms. The Kier molecular flexibility index (Phi) is 3.54. The van der Waals surface area contributed by atoms with E-state index in [1.807, 2.05) is 24.4 Å². The number of carbonyl (C=O) groups excluding carboxylic acids is 1. The second-order valence-electron chi connectivity index (χ2n) is 3.68. The molecule has 0 aliphatic heterocycles. The number of methoxy groups -OCH3 is 1. The van der Waals surface area contributed by atoms with Crippen molar-refractivity contribution >= 4 is 17.1 Å². The zero-order chi connectivity index (χ0) is 12.3. The van der Waals surface area contributed by atoms with Crippen LogP contribution in [-0.4, -0.2) is 17.9 Å². The van der Waals surface area contributed by atoms with Gasteiger partial charge < -0.3 is 4.74 Å². The maximum absolute atomic E-state index is 12.1. The summed E-state index contributed by atoms with van der Waals surface area (Å²) in [5.74, 6) is 0.655. The number of aryl methyl sites for hydroxylation is 1. The molecule has 0 spiro atoms. The molecule has 0 fully saturated rings. The number of hydrogen-bond acceptors (Lipinski definition) is 4. The van der Waals surface area contributed by atoms with Crippen molar-refractivity contribution in [3.05, 3.63) is 45.9 Å². The Labute approximate surface area is 104 Å². The summed E-state index contributed by atoms with van der Waals surface area (Å²) < 4.78 is 5.17. The van der Waals surface area contributed by atoms with Crippen molar-refractivity contribution in [2.75, 3.05) is 7.11 Å². The zero-order valence-corrected chi connectivity index (χ0v) is 10.6. The summed E-state index contributed by atoms with van der Waals surface area (Å²) in [6.45, 7) is 1.92. The molecule has 4 heteroatoms. The predicted octanol–water partition coefficient (Wildman–Crippen LogP) is 2.89. The van der Waals surface area contributed by atoms with Crippen LogP contribution in [0.15, 0.2) is 29.6 Å². The highest BCUT2D eigenvalue weighted by Crippen LogP contribution is 2.20. The molecule has 1 heterocycles. The third-order valence-corrected chi connectivity index (χ3v) is 3.35. The molecular weight excluding hydrogens is 234 g/mol. The summed E-state index contributed by atoms with van der Waals surface area (Å²) in [7, 11) is 1.57. The fourth-order valence-electron chi connectivity index (χ4n) is 1.59. The van der Waals surface area contributed by atoms with E-state index in [0.29, 0.717) is 17.7 Å². The van der Waals surface area contributed by atoms with Gasteiger partial charge in [0.05, 0.1) is 19.1 Å². The van der Waals surface area contributed by atoms with E-state index < -0.39 is 0 Å². The number of rotatable bonds is 4. The molecular formula is C13H13NO2S. The van der Waals surface area contributed by atoms with E-state index in [0.717, 1.165) is 10.7 Å². The average Bonchev–Trinajstić information content (AvgIpc) is 2.74. The number of Topliss-reactive ketones (excluding diaryl/α,β-unsaturated/α-hetero) is 1. The van der Waals surface area contributed by atoms with Crippen molar-refractivity contribution < 1.29 is 9.53 Å². The molecule has 0 aliphatic carbocycles. The number of ether oxygens (including phenoxy) is 1. The van der Waals surface area contributed by atoms with Crippen LogP contribution in [0.3, 0.4) is 0 Å². The fourth-order valence-corrected chi connectivity index (χ4v) is 2.36. The van der Waals surface area contributed by atoms with Gasteiger partial charge in [-0.15, -0.1) is 11.3 Å². The van der Waals surface area contributed by atoms with Gasteiger partial charge in [-0.05, 0) is 19.1 Å². The van der Waals surface area contributed by atoms with Gasteiger partial charge in [0.1, 0.15) is 10.8 Å². The molecule has 0 saturated heterocycles. The van der Waals surface area contributed by atoms with Crippen LogP contribution in [-0.2, 0) is 6.42 Å². The molecule has 2 aromatic rings. The molecule has 0 atom stereocenters. The topological polar surface area (TPSA) is 39.2 Å². The number of thiazole rings is 1. The number of nitrogens with zero attached hydrogens (tertiary/aromatic N) is 1. The van der Waals surface area contributed by atoms with Gasteiger partial charge in [-0.25, -0.2) is 4.98 Å². The molecule has 0 aliphatic rings. The first-order chi connectivity index (χ1) is 8.20. The monoisotopic (exact) mass is 247 g/mol. The quantitative estimate of drug-likeness (QED) is 0.780. The van der Waals surface area contributed by atoms with Gasteiger partial charge in [-0.3, -0.25) is 4.79 Å². The highest BCUT2D eigenvalue weighted by molar-refractivity contribution is 7.09. The van der Waals surface area contributed by atoms with Crippen LogP contribution in [0.5, 0.6) is 5.75 Å². The standard InChI is InChI=1S/C13H13NO2S/c1-9-8-17-13(14-9)7-11(15)10-5-3-4-6-12(10)16-2/h3-6,8H,7H2,1-2H3. The van der Waals surface area contributed by atoms with Crippen LogP contribution in [0.25, 0.3) is 0 Å². The fraction of sp³-hybridized carbons (Fsp3) is 0.231. The Hall–Kier alpha value is -1.68. The van der Waals surface area contributed by atoms with E-state index >= 15 is 0 Å². The van der Waals surface area contributed by atoms with Crippen molar-refractivity contribution in [1.82, 2.24) is 4.98 Å². The molecule has 1 aromatic heterocycles. The summed E-state index contributed by atoms with van der Waals surface area (Å²) in [5.41, 5.74) is 1.57. The lowest BCUT2D eigenvalue weighted by Crippen LogP contribution is -2.05. The Morgan fingerprint density at radius 2 is 2.18 bits per heavy atom. The minimum atomic E-state index is 0.0387. The van der Waals surface area contributed by atoms with Gasteiger partial charge in [-0.2, -0.15) is 0 Å². The number of aromatic nitrogens is 1. The zero-order valence-electron chi connectivity index (χ0n) is 9.77. The van der Waals surface area contributed by atoms with E-state index in [-0.39, 0.29) is 5.78 Å². The van der Waals surface area contributed by atoms with Crippen molar-refractivity contribution in [2.24, 2.45) is 0 Å². The Balaban J connectivity index is 2.20. The number of carbonyl (C=O) groups is 1. The summed E-state index contributed by atoms with van der Waals surface area (Å²) in [5, 5.41) is 2.79. The minimum absolute atomic E-state index is 0.0387. The first kappa shape index (κ1) is 11.8. The van der Waals surface area contributed by atoms with Gasteiger partial charge in [-0.1, -0.05) is 12.1 Å². The maximum Gasteiger partial charge on any atom is 0.173 e. The van der Waals surface area contributed by atoms with Crippen LogP contribution >= 0.6 is 11.3 Å². The normalized spacial score (nSPS) is 10.2. The van der Waals surface area contributed by atoms with E-state index in [1.54, 1.807) is 19.2 Å². The third kappa shape index (κ3) is 2.71. The lowest BCUT2D eigenvalue weighted by Gasteiger charge is -2.05. The predicted molar refractivity (Wildman–Crippen MR) is 67.9 cm³/mol. The van der Waals surface area contributed by atoms with E-state index in [1.165, 1.54) is 11.3 Å². The molecule has 0 saturated carbocycles. The summed E-state index contributed by atoms with van der Waals surface area (Å²) >= 11 is 1.51. The molecule has 0 N–H and O–H groups in total. The van der Waals surface area contributed by atoms with E-state index in [4.69, 9.17) is 4.74 Å². The molecule has 0 amide bonds. The largest absolute Gasteiger partial charge is 0.496 e. The Morgan fingerprint density at radius 3 is 2.82 bits per heavy atom. The molecule has 88 valence electrons. The molecule has 3 nitrogen and oxygen atoms in total. The number of hydrogen-bond donors (Lipinski definition) is 0. The SMILES string of the molecule is COc1ccccc1C(=O)Cc1nc(C)cs1.